The van der Waals surface area contributed by atoms with Crippen LogP contribution >= 0.6 is 50.5 Å². The summed E-state index contributed by atoms with van der Waals surface area (Å²) < 4.78 is 25.6. The number of benzene rings is 3. The van der Waals surface area contributed by atoms with Crippen molar-refractivity contribution >= 4 is 62.5 Å². The van der Waals surface area contributed by atoms with Crippen molar-refractivity contribution in [2.75, 3.05) is 20.8 Å². The van der Waals surface area contributed by atoms with Gasteiger partial charge in [-0.3, -0.25) is 9.36 Å². The smallest absolute Gasteiger partial charge is 0.338 e. The molecule has 1 atom stereocenters. The Bertz CT molecular complexity index is 2010. The van der Waals surface area contributed by atoms with Crippen LogP contribution in [0.15, 0.2) is 80.1 Å². The summed E-state index contributed by atoms with van der Waals surface area (Å²) in [6, 6.07) is 15.4. The highest BCUT2D eigenvalue weighted by molar-refractivity contribution is 9.10. The van der Waals surface area contributed by atoms with E-state index in [0.717, 1.165) is 22.0 Å². The van der Waals surface area contributed by atoms with E-state index in [1.807, 2.05) is 31.2 Å². The molecule has 2 heterocycles. The van der Waals surface area contributed by atoms with Gasteiger partial charge in [-0.25, -0.2) is 9.79 Å². The zero-order valence-corrected chi connectivity index (χ0v) is 29.5. The van der Waals surface area contributed by atoms with E-state index in [1.165, 1.54) is 11.3 Å². The molecule has 8 nitrogen and oxygen atoms in total. The van der Waals surface area contributed by atoms with E-state index < -0.39 is 12.0 Å². The maximum absolute atomic E-state index is 14.2. The molecule has 4 aromatic rings. The Labute approximate surface area is 288 Å². The standard InChI is InChI=1S/C34H31BrCl2N2O6S/c1-5-7-25-30(33(41)44-6-2)31(22-17-21(35)10-13-26(22)42-3)39-32(40)29(46-34(39)38-25)16-19-9-12-27(28(15-19)43-4)45-18-20-8-11-23(36)24(37)14-20/h8-17,31H,5-7,18H2,1-4H3/b29-16+/t31-/m0/s1. The number of hydrogen-bond acceptors (Lipinski definition) is 8. The minimum atomic E-state index is -0.807. The van der Waals surface area contributed by atoms with Gasteiger partial charge in [0.05, 0.1) is 46.7 Å². The van der Waals surface area contributed by atoms with Crippen molar-refractivity contribution < 1.29 is 23.7 Å². The molecule has 1 aromatic heterocycles. The first-order valence-corrected chi connectivity index (χ1v) is 16.9. The molecular weight excluding hydrogens is 715 g/mol. The molecule has 5 rings (SSSR count). The van der Waals surface area contributed by atoms with Crippen LogP contribution < -0.4 is 29.1 Å². The maximum atomic E-state index is 14.2. The Morgan fingerprint density at radius 3 is 2.46 bits per heavy atom. The fourth-order valence-electron chi connectivity index (χ4n) is 5.17. The number of halogens is 3. The van der Waals surface area contributed by atoms with Gasteiger partial charge in [0.25, 0.3) is 5.56 Å². The largest absolute Gasteiger partial charge is 0.496 e. The van der Waals surface area contributed by atoms with Gasteiger partial charge in [0, 0.05) is 10.0 Å². The number of carbonyl (C=O) groups is 1. The summed E-state index contributed by atoms with van der Waals surface area (Å²) in [7, 11) is 3.11. The third kappa shape index (κ3) is 7.05. The molecule has 3 aromatic carbocycles. The number of aromatic nitrogens is 1. The molecule has 0 amide bonds. The summed E-state index contributed by atoms with van der Waals surface area (Å²) in [6.07, 6.45) is 3.06. The van der Waals surface area contributed by atoms with E-state index in [4.69, 9.17) is 47.1 Å². The van der Waals surface area contributed by atoms with Crippen molar-refractivity contribution in [2.24, 2.45) is 4.99 Å². The minimum absolute atomic E-state index is 0.184. The van der Waals surface area contributed by atoms with Crippen LogP contribution in [-0.4, -0.2) is 31.4 Å². The summed E-state index contributed by atoms with van der Waals surface area (Å²) in [5, 5.41) is 0.918. The topological polar surface area (TPSA) is 88.4 Å². The van der Waals surface area contributed by atoms with Crippen LogP contribution in [0.25, 0.3) is 6.08 Å². The molecule has 0 spiro atoms. The lowest BCUT2D eigenvalue weighted by Crippen LogP contribution is -2.40. The van der Waals surface area contributed by atoms with Crippen LogP contribution in [0.4, 0.5) is 0 Å². The Hall–Kier alpha value is -3.57. The van der Waals surface area contributed by atoms with Crippen molar-refractivity contribution in [1.82, 2.24) is 4.57 Å². The third-order valence-electron chi connectivity index (χ3n) is 7.24. The molecule has 0 fully saturated rings. The maximum Gasteiger partial charge on any atom is 0.338 e. The highest BCUT2D eigenvalue weighted by Crippen LogP contribution is 2.38. The minimum Gasteiger partial charge on any atom is -0.496 e. The predicted octanol–water partition coefficient (Wildman–Crippen LogP) is 7.24. The summed E-state index contributed by atoms with van der Waals surface area (Å²) in [5.41, 5.74) is 2.82. The van der Waals surface area contributed by atoms with E-state index in [9.17, 15) is 9.59 Å². The van der Waals surface area contributed by atoms with E-state index in [-0.39, 0.29) is 18.8 Å². The number of fused-ring (bicyclic) bond motifs is 1. The fourth-order valence-corrected chi connectivity index (χ4v) is 6.89. The number of hydrogen-bond donors (Lipinski definition) is 0. The van der Waals surface area contributed by atoms with E-state index in [0.29, 0.717) is 59.9 Å². The number of methoxy groups -OCH3 is 2. The quantitative estimate of drug-likeness (QED) is 0.151. The van der Waals surface area contributed by atoms with Crippen LogP contribution in [0.2, 0.25) is 10.0 Å². The molecule has 1 aliphatic rings. The SMILES string of the molecule is CCCC1=C(C(=O)OCC)[C@H](c2cc(Br)ccc2OC)n2c(s/c(=C/c3ccc(OCc4ccc(Cl)c(Cl)c4)c(OC)c3)c2=O)=N1. The molecule has 1 aliphatic heterocycles. The lowest BCUT2D eigenvalue weighted by atomic mass is 9.93. The normalized spacial score (nSPS) is 14.5. The van der Waals surface area contributed by atoms with Gasteiger partial charge >= 0.3 is 5.97 Å². The summed E-state index contributed by atoms with van der Waals surface area (Å²) in [4.78, 5) is 33.0. The first-order chi connectivity index (χ1) is 22.2. The van der Waals surface area contributed by atoms with Crippen LogP contribution in [0.5, 0.6) is 17.2 Å². The van der Waals surface area contributed by atoms with Crippen LogP contribution in [0.3, 0.4) is 0 Å². The third-order valence-corrected chi connectivity index (χ3v) is 9.46. The van der Waals surface area contributed by atoms with Gasteiger partial charge in [-0.05, 0) is 73.0 Å². The van der Waals surface area contributed by atoms with E-state index in [1.54, 1.807) is 62.1 Å². The van der Waals surface area contributed by atoms with Crippen molar-refractivity contribution in [2.45, 2.75) is 39.3 Å². The number of ether oxygens (including phenoxy) is 4. The van der Waals surface area contributed by atoms with E-state index in [2.05, 4.69) is 15.9 Å². The first-order valence-electron chi connectivity index (χ1n) is 14.5. The Morgan fingerprint density at radius 2 is 1.76 bits per heavy atom. The number of allylic oxidation sites excluding steroid dienone is 1. The second kappa shape index (κ2) is 14.9. The molecule has 240 valence electrons. The summed E-state index contributed by atoms with van der Waals surface area (Å²) >= 11 is 17.0. The predicted molar refractivity (Wildman–Crippen MR) is 184 cm³/mol. The highest BCUT2D eigenvalue weighted by atomic mass is 79.9. The second-order valence-electron chi connectivity index (χ2n) is 10.2. The van der Waals surface area contributed by atoms with Gasteiger partial charge in [0.1, 0.15) is 18.4 Å². The molecule has 0 radical (unpaired) electrons. The van der Waals surface area contributed by atoms with E-state index >= 15 is 0 Å². The number of nitrogens with zero attached hydrogens (tertiary/aromatic N) is 2. The van der Waals surface area contributed by atoms with Gasteiger partial charge in [-0.15, -0.1) is 0 Å². The molecule has 0 bridgehead atoms. The molecule has 12 heteroatoms. The Morgan fingerprint density at radius 1 is 1.00 bits per heavy atom. The monoisotopic (exact) mass is 744 g/mol. The van der Waals surface area contributed by atoms with Gasteiger partial charge in [-0.2, -0.15) is 0 Å². The molecule has 0 N–H and O–H groups in total. The lowest BCUT2D eigenvalue weighted by Gasteiger charge is -2.27. The van der Waals surface area contributed by atoms with Gasteiger partial charge in [0.15, 0.2) is 16.3 Å². The number of carbonyl (C=O) groups excluding carboxylic acids is 1. The van der Waals surface area contributed by atoms with Crippen LogP contribution in [-0.2, 0) is 16.1 Å². The zero-order chi connectivity index (χ0) is 33.0. The van der Waals surface area contributed by atoms with Gasteiger partial charge in [0.2, 0.25) is 0 Å². The molecular formula is C34H31BrCl2N2O6S. The van der Waals surface area contributed by atoms with Crippen molar-refractivity contribution in [1.29, 1.82) is 0 Å². The first kappa shape index (κ1) is 33.8. The molecule has 0 saturated heterocycles. The van der Waals surface area contributed by atoms with Gasteiger partial charge < -0.3 is 18.9 Å². The number of esters is 1. The number of thiazole rings is 1. The summed E-state index contributed by atoms with van der Waals surface area (Å²) in [5.74, 6) is 1.03. The zero-order valence-electron chi connectivity index (χ0n) is 25.6. The molecule has 0 unspecified atom stereocenters. The average Bonchev–Trinajstić information content (AvgIpc) is 3.35. The molecule has 0 aliphatic carbocycles. The van der Waals surface area contributed by atoms with Crippen molar-refractivity contribution in [3.05, 3.63) is 117 Å². The molecule has 46 heavy (non-hydrogen) atoms. The second-order valence-corrected chi connectivity index (χ2v) is 13.0. The van der Waals surface area contributed by atoms with Crippen molar-refractivity contribution in [3.8, 4) is 17.2 Å². The molecule has 0 saturated carbocycles. The lowest BCUT2D eigenvalue weighted by molar-refractivity contribution is -0.139. The van der Waals surface area contributed by atoms with Crippen LogP contribution in [0, 0.1) is 0 Å². The van der Waals surface area contributed by atoms with Gasteiger partial charge in [-0.1, -0.05) is 75.9 Å². The van der Waals surface area contributed by atoms with Crippen LogP contribution in [0.1, 0.15) is 49.4 Å². The van der Waals surface area contributed by atoms with Crippen molar-refractivity contribution in [3.63, 3.8) is 0 Å². The highest BCUT2D eigenvalue weighted by Gasteiger charge is 2.36. The Balaban J connectivity index is 1.60. The fraction of sp³-hybridized carbons (Fsp3) is 0.265. The Kier molecular flexibility index (Phi) is 10.9. The average molecular weight is 747 g/mol. The number of rotatable bonds is 11. The summed E-state index contributed by atoms with van der Waals surface area (Å²) in [6.45, 7) is 4.21.